The number of rotatable bonds is 4. The van der Waals surface area contributed by atoms with Crippen molar-refractivity contribution in [1.82, 2.24) is 20.3 Å². The molecule has 1 amide bonds. The van der Waals surface area contributed by atoms with E-state index in [1.54, 1.807) is 10.9 Å². The largest absolute Gasteiger partial charge is 0.354 e. The average molecular weight is 242 g/mol. The highest BCUT2D eigenvalue weighted by atomic mass is 16.2. The first-order valence-corrected chi connectivity index (χ1v) is 6.99. The summed E-state index contributed by atoms with van der Waals surface area (Å²) < 4.78 is 1.76. The van der Waals surface area contributed by atoms with Crippen LogP contribution >= 0.6 is 0 Å². The minimum absolute atomic E-state index is 0.136. The lowest BCUT2D eigenvalue weighted by Gasteiger charge is -3.06. The van der Waals surface area contributed by atoms with E-state index in [1.165, 1.54) is 0 Å². The summed E-state index contributed by atoms with van der Waals surface area (Å²) in [5.41, 5.74) is 0.136. The number of carbonyl (C=O) groups is 1. The summed E-state index contributed by atoms with van der Waals surface area (Å²) in [6, 6.07) is 0. The molecule has 0 atom stereocenters. The topological polar surface area (TPSA) is 59.8 Å². The maximum atomic E-state index is 12.4. The molecule has 18 heavy (non-hydrogen) atoms. The first-order valence-electron chi connectivity index (χ1n) is 6.99. The summed E-state index contributed by atoms with van der Waals surface area (Å²) >= 11 is 0. The first kappa shape index (κ1) is 8.67. The second-order valence-electron chi connectivity index (χ2n) is 6.74. The van der Waals surface area contributed by atoms with E-state index in [0.29, 0.717) is 12.5 Å². The van der Waals surface area contributed by atoms with Gasteiger partial charge in [-0.2, -0.15) is 0 Å². The predicted octanol–water partition coefficient (Wildman–Crippen LogP) is -0.238. The Labute approximate surface area is 104 Å². The van der Waals surface area contributed by atoms with Crippen LogP contribution in [0.2, 0.25) is 0 Å². The predicted molar refractivity (Wildman–Crippen MR) is 59.9 cm³/mol. The fourth-order valence-corrected chi connectivity index (χ4v) is 6.67. The second kappa shape index (κ2) is 2.24. The Hall–Kier alpha value is -1.39. The van der Waals surface area contributed by atoms with Crippen molar-refractivity contribution < 1.29 is 4.79 Å². The van der Waals surface area contributed by atoms with Gasteiger partial charge in [-0.25, -0.2) is 0 Å². The van der Waals surface area contributed by atoms with Crippen LogP contribution in [0.1, 0.15) is 0 Å². The van der Waals surface area contributed by atoms with Crippen molar-refractivity contribution in [3.05, 3.63) is 12.4 Å². The van der Waals surface area contributed by atoms with Crippen molar-refractivity contribution >= 4 is 5.91 Å². The van der Waals surface area contributed by atoms with E-state index in [4.69, 9.17) is 0 Å². The molecule has 5 heteroatoms. The third-order valence-corrected chi connectivity index (χ3v) is 6.97. The number of carbonyl (C=O) groups excluding carboxylic acids is 1. The first-order chi connectivity index (χ1) is 8.87. The van der Waals surface area contributed by atoms with Gasteiger partial charge >= 0.3 is 0 Å². The van der Waals surface area contributed by atoms with Gasteiger partial charge < -0.3 is 5.32 Å². The molecular weight excluding hydrogens is 228 g/mol. The van der Waals surface area contributed by atoms with E-state index in [9.17, 15) is 4.79 Å². The molecule has 1 aromatic heterocycles. The Balaban J connectivity index is 1.15. The molecule has 1 heterocycles. The molecule has 5 nitrogen and oxygen atoms in total. The molecule has 6 aliphatic carbocycles. The van der Waals surface area contributed by atoms with Gasteiger partial charge in [0.25, 0.3) is 0 Å². The third-order valence-electron chi connectivity index (χ3n) is 6.97. The fourth-order valence-electron chi connectivity index (χ4n) is 6.67. The smallest absolute Gasteiger partial charge is 0.227 e. The van der Waals surface area contributed by atoms with E-state index >= 15 is 0 Å². The van der Waals surface area contributed by atoms with Crippen molar-refractivity contribution in [2.24, 2.45) is 46.8 Å². The van der Waals surface area contributed by atoms with Gasteiger partial charge in [-0.15, -0.1) is 5.10 Å². The lowest BCUT2D eigenvalue weighted by atomic mass is 8.96. The molecule has 0 radical (unpaired) electrons. The fraction of sp³-hybridized carbons (Fsp3) is 0.769. The van der Waals surface area contributed by atoms with E-state index in [1.807, 2.05) is 6.20 Å². The molecule has 1 aromatic rings. The zero-order valence-corrected chi connectivity index (χ0v) is 9.86. The summed E-state index contributed by atoms with van der Waals surface area (Å²) in [5.74, 6) is 6.76. The van der Waals surface area contributed by atoms with Gasteiger partial charge in [-0.1, -0.05) is 5.21 Å². The monoisotopic (exact) mass is 242 g/mol. The Morgan fingerprint density at radius 3 is 2.56 bits per heavy atom. The SMILES string of the molecule is O=C(NCCn1ccnn1)C12C3C4C5C3C1C5C42. The van der Waals surface area contributed by atoms with Gasteiger partial charge in [0.15, 0.2) is 0 Å². The van der Waals surface area contributed by atoms with Gasteiger partial charge in [0.2, 0.25) is 5.91 Å². The number of hydrogen-bond donors (Lipinski definition) is 1. The van der Waals surface area contributed by atoms with Crippen LogP contribution in [0, 0.1) is 46.8 Å². The van der Waals surface area contributed by atoms with Crippen molar-refractivity contribution in [2.45, 2.75) is 6.54 Å². The highest BCUT2D eigenvalue weighted by Gasteiger charge is 3.06. The molecule has 0 aliphatic heterocycles. The van der Waals surface area contributed by atoms with Gasteiger partial charge in [0, 0.05) is 12.7 Å². The summed E-state index contributed by atoms with van der Waals surface area (Å²) in [7, 11) is 0. The molecule has 0 spiro atoms. The van der Waals surface area contributed by atoms with E-state index in [0.717, 1.165) is 48.0 Å². The molecule has 6 fully saturated rings. The standard InChI is InChI=1S/C13H14N4O/c18-12(14-1-3-17-4-2-15-16-17)13-9-6-5-7(9)11(13)8(5)10(6)13/h2,4-11H,1,3H2,(H,14,18). The Bertz CT molecular complexity index is 529. The van der Waals surface area contributed by atoms with Crippen molar-refractivity contribution in [1.29, 1.82) is 0 Å². The molecule has 6 aliphatic rings. The quantitative estimate of drug-likeness (QED) is 0.793. The van der Waals surface area contributed by atoms with Gasteiger partial charge in [-0.05, 0) is 41.4 Å². The maximum absolute atomic E-state index is 12.4. The summed E-state index contributed by atoms with van der Waals surface area (Å²) in [6.07, 6.45) is 3.50. The summed E-state index contributed by atoms with van der Waals surface area (Å²) in [6.45, 7) is 1.40. The van der Waals surface area contributed by atoms with Crippen molar-refractivity contribution in [2.75, 3.05) is 6.54 Å². The molecule has 0 bridgehead atoms. The van der Waals surface area contributed by atoms with Crippen LogP contribution in [0.4, 0.5) is 0 Å². The molecule has 7 rings (SSSR count). The van der Waals surface area contributed by atoms with Crippen LogP contribution in [0.5, 0.6) is 0 Å². The minimum Gasteiger partial charge on any atom is -0.354 e. The Morgan fingerprint density at radius 1 is 1.22 bits per heavy atom. The van der Waals surface area contributed by atoms with Crippen LogP contribution in [-0.4, -0.2) is 27.4 Å². The van der Waals surface area contributed by atoms with Gasteiger partial charge in [0.05, 0.1) is 18.2 Å². The van der Waals surface area contributed by atoms with Crippen LogP contribution < -0.4 is 5.32 Å². The molecule has 0 unspecified atom stereocenters. The highest BCUT2D eigenvalue weighted by Crippen LogP contribution is 3.05. The zero-order valence-electron chi connectivity index (χ0n) is 9.86. The van der Waals surface area contributed by atoms with Crippen LogP contribution in [0.25, 0.3) is 0 Å². The Morgan fingerprint density at radius 2 is 1.94 bits per heavy atom. The van der Waals surface area contributed by atoms with Gasteiger partial charge in [0.1, 0.15) is 0 Å². The third kappa shape index (κ3) is 0.528. The minimum atomic E-state index is 0.136. The molecule has 0 saturated heterocycles. The molecule has 92 valence electrons. The number of aromatic nitrogens is 3. The van der Waals surface area contributed by atoms with E-state index < -0.39 is 0 Å². The molecule has 6 saturated carbocycles. The summed E-state index contributed by atoms with van der Waals surface area (Å²) in [4.78, 5) is 12.4. The van der Waals surface area contributed by atoms with Crippen molar-refractivity contribution in [3.8, 4) is 0 Å². The number of nitrogens with zero attached hydrogens (tertiary/aromatic N) is 3. The maximum Gasteiger partial charge on any atom is 0.227 e. The normalized spacial score (nSPS) is 58.3. The van der Waals surface area contributed by atoms with Crippen molar-refractivity contribution in [3.63, 3.8) is 0 Å². The molecular formula is C13H14N4O. The number of hydrogen-bond acceptors (Lipinski definition) is 3. The number of amides is 1. The van der Waals surface area contributed by atoms with E-state index in [-0.39, 0.29) is 5.41 Å². The average Bonchev–Trinajstić information content (AvgIpc) is 2.92. The summed E-state index contributed by atoms with van der Waals surface area (Å²) in [5, 5.41) is 10.8. The Kier molecular flexibility index (Phi) is 1.08. The highest BCUT2D eigenvalue weighted by molar-refractivity contribution is 5.91. The van der Waals surface area contributed by atoms with Crippen LogP contribution in [-0.2, 0) is 11.3 Å². The second-order valence-corrected chi connectivity index (χ2v) is 6.74. The van der Waals surface area contributed by atoms with E-state index in [2.05, 4.69) is 15.6 Å². The zero-order chi connectivity index (χ0) is 11.6. The lowest BCUT2D eigenvalue weighted by Crippen LogP contribution is -3.07. The van der Waals surface area contributed by atoms with Crippen LogP contribution in [0.3, 0.4) is 0 Å². The molecule has 1 N–H and O–H groups in total. The molecule has 0 aromatic carbocycles. The lowest BCUT2D eigenvalue weighted by molar-refractivity contribution is -0.596. The van der Waals surface area contributed by atoms with Crippen LogP contribution in [0.15, 0.2) is 12.4 Å². The van der Waals surface area contributed by atoms with Gasteiger partial charge in [-0.3, -0.25) is 9.48 Å². The number of nitrogens with one attached hydrogen (secondary N) is 1.